The molecular formula is C13H17NO. The maximum Gasteiger partial charge on any atom is 0.0964 e. The number of benzene rings is 1. The van der Waals surface area contributed by atoms with Gasteiger partial charge in [0.05, 0.1) is 12.7 Å². The number of epoxide rings is 1. The molecule has 2 fully saturated rings. The fraction of sp³-hybridized carbons (Fsp3) is 0.538. The van der Waals surface area contributed by atoms with E-state index in [9.17, 15) is 0 Å². The summed E-state index contributed by atoms with van der Waals surface area (Å²) in [4.78, 5) is 2.58. The van der Waals surface area contributed by atoms with Gasteiger partial charge in [-0.05, 0) is 24.9 Å². The lowest BCUT2D eigenvalue weighted by molar-refractivity contribution is 0.201. The maximum atomic E-state index is 5.42. The molecule has 3 rings (SSSR count). The van der Waals surface area contributed by atoms with Crippen LogP contribution in [-0.2, 0) is 11.3 Å². The third kappa shape index (κ3) is 2.06. The molecule has 80 valence electrons. The van der Waals surface area contributed by atoms with Crippen LogP contribution < -0.4 is 0 Å². The lowest BCUT2D eigenvalue weighted by Gasteiger charge is -2.22. The van der Waals surface area contributed by atoms with E-state index in [1.165, 1.54) is 24.9 Å². The highest BCUT2D eigenvalue weighted by atomic mass is 16.6. The fourth-order valence-corrected chi connectivity index (χ4v) is 2.56. The average Bonchev–Trinajstić information content (AvgIpc) is 3.02. The van der Waals surface area contributed by atoms with Crippen molar-refractivity contribution in [3.8, 4) is 0 Å². The summed E-state index contributed by atoms with van der Waals surface area (Å²) in [6, 6.07) is 11.4. The minimum atomic E-state index is 0.538. The number of hydrogen-bond acceptors (Lipinski definition) is 2. The third-order valence-corrected chi connectivity index (χ3v) is 3.43. The van der Waals surface area contributed by atoms with Crippen molar-refractivity contribution in [1.29, 1.82) is 0 Å². The molecule has 1 aromatic rings. The van der Waals surface area contributed by atoms with Crippen molar-refractivity contribution < 1.29 is 4.74 Å². The smallest absolute Gasteiger partial charge is 0.0964 e. The number of nitrogens with zero attached hydrogens (tertiary/aromatic N) is 1. The second-order valence-corrected chi connectivity index (χ2v) is 4.54. The van der Waals surface area contributed by atoms with Crippen molar-refractivity contribution in [1.82, 2.24) is 4.90 Å². The van der Waals surface area contributed by atoms with E-state index in [1.54, 1.807) is 0 Å². The zero-order valence-electron chi connectivity index (χ0n) is 8.93. The Bertz CT molecular complexity index is 321. The molecule has 2 nitrogen and oxygen atoms in total. The first-order valence-corrected chi connectivity index (χ1v) is 5.83. The molecular weight excluding hydrogens is 186 g/mol. The molecule has 2 heteroatoms. The van der Waals surface area contributed by atoms with Gasteiger partial charge in [0, 0.05) is 12.6 Å². The molecule has 2 aliphatic heterocycles. The van der Waals surface area contributed by atoms with Gasteiger partial charge in [0.15, 0.2) is 0 Å². The summed E-state index contributed by atoms with van der Waals surface area (Å²) in [6.07, 6.45) is 3.19. The molecule has 2 heterocycles. The van der Waals surface area contributed by atoms with E-state index in [0.29, 0.717) is 12.1 Å². The Labute approximate surface area is 90.8 Å². The van der Waals surface area contributed by atoms with Crippen molar-refractivity contribution in [2.45, 2.75) is 31.5 Å². The number of likely N-dealkylation sites (tertiary alicyclic amines) is 1. The van der Waals surface area contributed by atoms with Gasteiger partial charge in [0.25, 0.3) is 0 Å². The molecule has 15 heavy (non-hydrogen) atoms. The van der Waals surface area contributed by atoms with E-state index in [0.717, 1.165) is 13.2 Å². The van der Waals surface area contributed by atoms with Crippen molar-refractivity contribution in [3.63, 3.8) is 0 Å². The summed E-state index contributed by atoms with van der Waals surface area (Å²) in [5, 5.41) is 0. The van der Waals surface area contributed by atoms with Gasteiger partial charge in [-0.2, -0.15) is 0 Å². The van der Waals surface area contributed by atoms with Gasteiger partial charge in [-0.25, -0.2) is 0 Å². The zero-order chi connectivity index (χ0) is 10.1. The Morgan fingerprint density at radius 3 is 2.80 bits per heavy atom. The van der Waals surface area contributed by atoms with Crippen LogP contribution in [-0.4, -0.2) is 30.2 Å². The van der Waals surface area contributed by atoms with Crippen LogP contribution in [0.25, 0.3) is 0 Å². The van der Waals surface area contributed by atoms with Gasteiger partial charge in [0.1, 0.15) is 0 Å². The predicted molar refractivity (Wildman–Crippen MR) is 59.6 cm³/mol. The first-order chi connectivity index (χ1) is 7.43. The van der Waals surface area contributed by atoms with Crippen LogP contribution in [0.2, 0.25) is 0 Å². The first-order valence-electron chi connectivity index (χ1n) is 5.83. The normalized spacial score (nSPS) is 30.7. The van der Waals surface area contributed by atoms with Crippen molar-refractivity contribution >= 4 is 0 Å². The molecule has 0 spiro atoms. The van der Waals surface area contributed by atoms with Gasteiger partial charge in [-0.3, -0.25) is 4.90 Å². The van der Waals surface area contributed by atoms with Crippen molar-refractivity contribution in [3.05, 3.63) is 35.9 Å². The second kappa shape index (κ2) is 3.95. The summed E-state index contributed by atoms with van der Waals surface area (Å²) in [5.41, 5.74) is 1.42. The molecule has 0 radical (unpaired) electrons. The first kappa shape index (κ1) is 9.37. The van der Waals surface area contributed by atoms with Crippen LogP contribution >= 0.6 is 0 Å². The standard InChI is InChI=1S/C13H17NO/c1-2-5-11(6-3-1)9-14-8-4-7-12(14)13-10-15-13/h1-3,5-6,12-13H,4,7-10H2/t12-,13+/m1/s1. The topological polar surface area (TPSA) is 15.8 Å². The SMILES string of the molecule is c1ccc(CN2CCC[C@@H]2[C@@H]2CO2)cc1. The minimum Gasteiger partial charge on any atom is -0.371 e. The summed E-state index contributed by atoms with van der Waals surface area (Å²) < 4.78 is 5.42. The van der Waals surface area contributed by atoms with Crippen molar-refractivity contribution in [2.24, 2.45) is 0 Å². The summed E-state index contributed by atoms with van der Waals surface area (Å²) in [6.45, 7) is 3.31. The Morgan fingerprint density at radius 2 is 2.07 bits per heavy atom. The number of rotatable bonds is 3. The lowest BCUT2D eigenvalue weighted by atomic mass is 10.1. The van der Waals surface area contributed by atoms with Crippen LogP contribution in [0.5, 0.6) is 0 Å². The molecule has 0 amide bonds. The molecule has 2 atom stereocenters. The zero-order valence-corrected chi connectivity index (χ0v) is 8.93. The minimum absolute atomic E-state index is 0.538. The molecule has 0 aromatic heterocycles. The van der Waals surface area contributed by atoms with Gasteiger partial charge in [0.2, 0.25) is 0 Å². The molecule has 1 aromatic carbocycles. The highest BCUT2D eigenvalue weighted by Crippen LogP contribution is 2.29. The average molecular weight is 203 g/mol. The molecule has 0 saturated carbocycles. The van der Waals surface area contributed by atoms with Gasteiger partial charge in [-0.15, -0.1) is 0 Å². The summed E-state index contributed by atoms with van der Waals surface area (Å²) in [5.74, 6) is 0. The highest BCUT2D eigenvalue weighted by molar-refractivity contribution is 5.15. The Hall–Kier alpha value is -0.860. The van der Waals surface area contributed by atoms with Crippen LogP contribution in [0.3, 0.4) is 0 Å². The summed E-state index contributed by atoms with van der Waals surface area (Å²) >= 11 is 0. The van der Waals surface area contributed by atoms with E-state index in [4.69, 9.17) is 4.74 Å². The second-order valence-electron chi connectivity index (χ2n) is 4.54. The van der Waals surface area contributed by atoms with E-state index < -0.39 is 0 Å². The van der Waals surface area contributed by atoms with Crippen LogP contribution in [0.15, 0.2) is 30.3 Å². The van der Waals surface area contributed by atoms with Crippen molar-refractivity contribution in [2.75, 3.05) is 13.2 Å². The third-order valence-electron chi connectivity index (χ3n) is 3.43. The molecule has 0 unspecified atom stereocenters. The predicted octanol–water partition coefficient (Wildman–Crippen LogP) is 2.05. The largest absolute Gasteiger partial charge is 0.371 e. The molecule has 2 saturated heterocycles. The fourth-order valence-electron chi connectivity index (χ4n) is 2.56. The van der Waals surface area contributed by atoms with Crippen LogP contribution in [0, 0.1) is 0 Å². The van der Waals surface area contributed by atoms with Gasteiger partial charge < -0.3 is 4.74 Å². The molecule has 0 N–H and O–H groups in total. The number of ether oxygens (including phenoxy) is 1. The Kier molecular flexibility index (Phi) is 2.47. The van der Waals surface area contributed by atoms with E-state index in [1.807, 2.05) is 0 Å². The number of hydrogen-bond donors (Lipinski definition) is 0. The van der Waals surface area contributed by atoms with E-state index >= 15 is 0 Å². The lowest BCUT2D eigenvalue weighted by Crippen LogP contribution is -2.33. The van der Waals surface area contributed by atoms with Gasteiger partial charge in [-0.1, -0.05) is 30.3 Å². The van der Waals surface area contributed by atoms with Crippen LogP contribution in [0.4, 0.5) is 0 Å². The van der Waals surface area contributed by atoms with Crippen LogP contribution in [0.1, 0.15) is 18.4 Å². The molecule has 0 bridgehead atoms. The Balaban J connectivity index is 1.67. The Morgan fingerprint density at radius 1 is 1.27 bits per heavy atom. The molecule has 2 aliphatic rings. The van der Waals surface area contributed by atoms with E-state index in [2.05, 4.69) is 35.2 Å². The maximum absolute atomic E-state index is 5.42. The quantitative estimate of drug-likeness (QED) is 0.699. The van der Waals surface area contributed by atoms with Gasteiger partial charge >= 0.3 is 0 Å². The summed E-state index contributed by atoms with van der Waals surface area (Å²) in [7, 11) is 0. The highest BCUT2D eigenvalue weighted by Gasteiger charge is 2.39. The molecule has 0 aliphatic carbocycles. The monoisotopic (exact) mass is 203 g/mol. The van der Waals surface area contributed by atoms with E-state index in [-0.39, 0.29) is 0 Å².